The van der Waals surface area contributed by atoms with E-state index in [-0.39, 0.29) is 23.8 Å². The Labute approximate surface area is 98.6 Å². The van der Waals surface area contributed by atoms with Crippen molar-refractivity contribution in [1.82, 2.24) is 5.32 Å². The van der Waals surface area contributed by atoms with Gasteiger partial charge < -0.3 is 10.4 Å². The van der Waals surface area contributed by atoms with Crippen LogP contribution in [0, 0.1) is 17.3 Å². The first-order chi connectivity index (χ1) is 7.54. The maximum absolute atomic E-state index is 12.0. The van der Waals surface area contributed by atoms with E-state index in [1.807, 2.05) is 0 Å². The second kappa shape index (κ2) is 5.67. The predicted molar refractivity (Wildman–Crippen MR) is 65.0 cm³/mol. The summed E-state index contributed by atoms with van der Waals surface area (Å²) in [5.41, 5.74) is 0.0173. The number of nitrogens with one attached hydrogen (secondary N) is 1. The van der Waals surface area contributed by atoms with E-state index in [0.29, 0.717) is 12.5 Å². The van der Waals surface area contributed by atoms with Crippen molar-refractivity contribution in [3.8, 4) is 0 Å². The molecule has 3 nitrogen and oxygen atoms in total. The Morgan fingerprint density at radius 1 is 1.44 bits per heavy atom. The summed E-state index contributed by atoms with van der Waals surface area (Å²) in [6, 6.07) is 0. The first-order valence-electron chi connectivity index (χ1n) is 6.43. The lowest BCUT2D eigenvalue weighted by atomic mass is 9.90. The van der Waals surface area contributed by atoms with Gasteiger partial charge in [-0.3, -0.25) is 4.79 Å². The molecule has 0 aromatic heterocycles. The number of amides is 1. The van der Waals surface area contributed by atoms with Gasteiger partial charge in [0.15, 0.2) is 0 Å². The van der Waals surface area contributed by atoms with Crippen molar-refractivity contribution in [2.24, 2.45) is 17.3 Å². The minimum Gasteiger partial charge on any atom is -0.396 e. The molecule has 0 aromatic carbocycles. The lowest BCUT2D eigenvalue weighted by Gasteiger charge is -2.21. The van der Waals surface area contributed by atoms with Crippen LogP contribution in [0.3, 0.4) is 0 Å². The summed E-state index contributed by atoms with van der Waals surface area (Å²) >= 11 is 0. The minimum atomic E-state index is 0.0173. The Kier molecular flexibility index (Phi) is 4.78. The summed E-state index contributed by atoms with van der Waals surface area (Å²) < 4.78 is 0. The molecule has 3 heteroatoms. The fraction of sp³-hybridized carbons (Fsp3) is 0.923. The molecule has 1 aliphatic rings. The monoisotopic (exact) mass is 227 g/mol. The summed E-state index contributed by atoms with van der Waals surface area (Å²) in [7, 11) is 0. The first kappa shape index (κ1) is 13.5. The Hall–Kier alpha value is -0.570. The van der Waals surface area contributed by atoms with Gasteiger partial charge in [0.25, 0.3) is 0 Å². The van der Waals surface area contributed by atoms with Crippen molar-refractivity contribution in [3.05, 3.63) is 0 Å². The Morgan fingerprint density at radius 2 is 2.06 bits per heavy atom. The molecule has 0 saturated heterocycles. The number of hydrogen-bond donors (Lipinski definition) is 2. The number of rotatable bonds is 7. The van der Waals surface area contributed by atoms with E-state index in [4.69, 9.17) is 5.11 Å². The second-order valence-electron chi connectivity index (χ2n) is 5.52. The first-order valence-corrected chi connectivity index (χ1v) is 6.43. The Morgan fingerprint density at radius 3 is 2.44 bits per heavy atom. The zero-order valence-electron chi connectivity index (χ0n) is 10.8. The molecule has 1 aliphatic carbocycles. The van der Waals surface area contributed by atoms with Crippen LogP contribution >= 0.6 is 0 Å². The van der Waals surface area contributed by atoms with E-state index in [2.05, 4.69) is 26.1 Å². The molecular formula is C13H25NO2. The SMILES string of the molecule is CCCC(C(=O)NCC1(CO)CC1)C(C)C. The molecule has 2 N–H and O–H groups in total. The van der Waals surface area contributed by atoms with Crippen LogP contribution in [0.1, 0.15) is 46.5 Å². The molecule has 1 rings (SSSR count). The topological polar surface area (TPSA) is 49.3 Å². The van der Waals surface area contributed by atoms with Gasteiger partial charge in [-0.15, -0.1) is 0 Å². The maximum Gasteiger partial charge on any atom is 0.223 e. The zero-order valence-corrected chi connectivity index (χ0v) is 10.8. The van der Waals surface area contributed by atoms with E-state index in [9.17, 15) is 4.79 Å². The van der Waals surface area contributed by atoms with Crippen molar-refractivity contribution in [1.29, 1.82) is 0 Å². The van der Waals surface area contributed by atoms with Crippen molar-refractivity contribution in [2.75, 3.05) is 13.2 Å². The van der Waals surface area contributed by atoms with E-state index >= 15 is 0 Å². The van der Waals surface area contributed by atoms with Crippen LogP contribution in [-0.4, -0.2) is 24.2 Å². The van der Waals surface area contributed by atoms with E-state index in [0.717, 1.165) is 25.7 Å². The zero-order chi connectivity index (χ0) is 12.2. The average molecular weight is 227 g/mol. The van der Waals surface area contributed by atoms with Gasteiger partial charge in [-0.25, -0.2) is 0 Å². The molecule has 1 unspecified atom stereocenters. The van der Waals surface area contributed by atoms with Crippen LogP contribution in [0.25, 0.3) is 0 Å². The van der Waals surface area contributed by atoms with Gasteiger partial charge in [0.1, 0.15) is 0 Å². The fourth-order valence-electron chi connectivity index (χ4n) is 2.05. The highest BCUT2D eigenvalue weighted by atomic mass is 16.3. The molecule has 0 aromatic rings. The normalized spacial score (nSPS) is 19.6. The minimum absolute atomic E-state index is 0.0173. The van der Waals surface area contributed by atoms with Gasteiger partial charge in [0.05, 0.1) is 6.61 Å². The molecule has 0 spiro atoms. The smallest absolute Gasteiger partial charge is 0.223 e. The number of hydrogen-bond acceptors (Lipinski definition) is 2. The number of carbonyl (C=O) groups is 1. The third kappa shape index (κ3) is 3.48. The molecule has 0 bridgehead atoms. The lowest BCUT2D eigenvalue weighted by Crippen LogP contribution is -2.38. The Bertz CT molecular complexity index is 234. The largest absolute Gasteiger partial charge is 0.396 e. The van der Waals surface area contributed by atoms with Gasteiger partial charge in [-0.1, -0.05) is 27.2 Å². The molecule has 1 atom stereocenters. The van der Waals surface area contributed by atoms with E-state index in [1.54, 1.807) is 0 Å². The highest BCUT2D eigenvalue weighted by Crippen LogP contribution is 2.44. The van der Waals surface area contributed by atoms with E-state index < -0.39 is 0 Å². The van der Waals surface area contributed by atoms with Crippen molar-refractivity contribution >= 4 is 5.91 Å². The molecule has 0 heterocycles. The lowest BCUT2D eigenvalue weighted by molar-refractivity contribution is -0.126. The van der Waals surface area contributed by atoms with Gasteiger partial charge in [-0.05, 0) is 25.2 Å². The molecular weight excluding hydrogens is 202 g/mol. The number of carbonyl (C=O) groups excluding carboxylic acids is 1. The Balaban J connectivity index is 2.37. The van der Waals surface area contributed by atoms with Crippen LogP contribution in [-0.2, 0) is 4.79 Å². The van der Waals surface area contributed by atoms with Crippen LogP contribution in [0.5, 0.6) is 0 Å². The third-order valence-electron chi connectivity index (χ3n) is 3.67. The van der Waals surface area contributed by atoms with Gasteiger partial charge in [0.2, 0.25) is 5.91 Å². The molecule has 16 heavy (non-hydrogen) atoms. The molecule has 1 saturated carbocycles. The van der Waals surface area contributed by atoms with Crippen LogP contribution in [0.15, 0.2) is 0 Å². The maximum atomic E-state index is 12.0. The summed E-state index contributed by atoms with van der Waals surface area (Å²) in [4.78, 5) is 12.0. The predicted octanol–water partition coefficient (Wildman–Crippen LogP) is 1.95. The van der Waals surface area contributed by atoms with Crippen molar-refractivity contribution < 1.29 is 9.90 Å². The highest BCUT2D eigenvalue weighted by Gasteiger charge is 2.42. The fourth-order valence-corrected chi connectivity index (χ4v) is 2.05. The summed E-state index contributed by atoms with van der Waals surface area (Å²) in [5, 5.41) is 12.2. The van der Waals surface area contributed by atoms with Gasteiger partial charge in [-0.2, -0.15) is 0 Å². The molecule has 0 aliphatic heterocycles. The van der Waals surface area contributed by atoms with Crippen LogP contribution < -0.4 is 5.32 Å². The summed E-state index contributed by atoms with van der Waals surface area (Å²) in [6.07, 6.45) is 4.09. The summed E-state index contributed by atoms with van der Waals surface area (Å²) in [5.74, 6) is 0.681. The van der Waals surface area contributed by atoms with Gasteiger partial charge in [0, 0.05) is 17.9 Å². The van der Waals surface area contributed by atoms with Crippen LogP contribution in [0.2, 0.25) is 0 Å². The second-order valence-corrected chi connectivity index (χ2v) is 5.52. The van der Waals surface area contributed by atoms with Crippen molar-refractivity contribution in [2.45, 2.75) is 46.5 Å². The van der Waals surface area contributed by atoms with E-state index in [1.165, 1.54) is 0 Å². The number of aliphatic hydroxyl groups is 1. The standard InChI is InChI=1S/C13H25NO2/c1-4-5-11(10(2)3)12(16)14-8-13(9-15)6-7-13/h10-11,15H,4-9H2,1-3H3,(H,14,16). The molecule has 1 amide bonds. The molecule has 94 valence electrons. The average Bonchev–Trinajstić information content (AvgIpc) is 3.03. The highest BCUT2D eigenvalue weighted by molar-refractivity contribution is 5.78. The third-order valence-corrected chi connectivity index (χ3v) is 3.67. The van der Waals surface area contributed by atoms with Crippen molar-refractivity contribution in [3.63, 3.8) is 0 Å². The quantitative estimate of drug-likeness (QED) is 0.698. The molecule has 0 radical (unpaired) electrons. The van der Waals surface area contributed by atoms with Crippen LogP contribution in [0.4, 0.5) is 0 Å². The number of aliphatic hydroxyl groups excluding tert-OH is 1. The van der Waals surface area contributed by atoms with Gasteiger partial charge >= 0.3 is 0 Å². The molecule has 1 fully saturated rings. The summed E-state index contributed by atoms with van der Waals surface area (Å²) in [6.45, 7) is 7.15.